The van der Waals surface area contributed by atoms with Gasteiger partial charge >= 0.3 is 0 Å². The van der Waals surface area contributed by atoms with E-state index in [-0.39, 0.29) is 11.9 Å². The molecule has 1 aliphatic heterocycles. The summed E-state index contributed by atoms with van der Waals surface area (Å²) in [6.07, 6.45) is 4.04. The molecule has 1 atom stereocenters. The molecule has 0 saturated carbocycles. The number of benzene rings is 1. The number of nitrogens with two attached hydrogens (primary N) is 2. The molecule has 0 bridgehead atoms. The highest BCUT2D eigenvalue weighted by Gasteiger charge is 2.13. The Morgan fingerprint density at radius 1 is 1.44 bits per heavy atom. The Morgan fingerprint density at radius 3 is 3.06 bits per heavy atom. The van der Waals surface area contributed by atoms with Crippen molar-refractivity contribution in [3.05, 3.63) is 29.3 Å². The second kappa shape index (κ2) is 5.87. The summed E-state index contributed by atoms with van der Waals surface area (Å²) in [5.74, 6) is 0.718. The Labute approximate surface area is 107 Å². The van der Waals surface area contributed by atoms with E-state index in [0.717, 1.165) is 43.6 Å². The third-order valence-corrected chi connectivity index (χ3v) is 3.30. The molecule has 4 heteroatoms. The van der Waals surface area contributed by atoms with E-state index in [0.29, 0.717) is 6.42 Å². The summed E-state index contributed by atoms with van der Waals surface area (Å²) < 4.78 is 5.57. The molecule has 0 saturated heterocycles. The lowest BCUT2D eigenvalue weighted by Crippen LogP contribution is -2.15. The Kier molecular flexibility index (Phi) is 4.20. The predicted octanol–water partition coefficient (Wildman–Crippen LogP) is 1.67. The first-order valence-corrected chi connectivity index (χ1v) is 6.46. The molecule has 0 aromatic heterocycles. The van der Waals surface area contributed by atoms with Crippen LogP contribution in [-0.4, -0.2) is 12.5 Å². The monoisotopic (exact) mass is 248 g/mol. The van der Waals surface area contributed by atoms with E-state index in [1.165, 1.54) is 5.56 Å². The molecule has 1 amide bonds. The highest BCUT2D eigenvalue weighted by molar-refractivity contribution is 5.73. The van der Waals surface area contributed by atoms with Gasteiger partial charge in [-0.2, -0.15) is 0 Å². The molecule has 98 valence electrons. The third kappa shape index (κ3) is 3.23. The van der Waals surface area contributed by atoms with Gasteiger partial charge in [0.05, 0.1) is 6.61 Å². The van der Waals surface area contributed by atoms with Crippen LogP contribution in [0.3, 0.4) is 0 Å². The third-order valence-electron chi connectivity index (χ3n) is 3.30. The number of fused-ring (bicyclic) bond motifs is 1. The van der Waals surface area contributed by atoms with Gasteiger partial charge in [-0.3, -0.25) is 4.79 Å². The molecule has 4 N–H and O–H groups in total. The van der Waals surface area contributed by atoms with Gasteiger partial charge in [0, 0.05) is 12.5 Å². The number of ether oxygens (including phenoxy) is 1. The average molecular weight is 248 g/mol. The second-order valence-corrected chi connectivity index (χ2v) is 4.78. The summed E-state index contributed by atoms with van der Waals surface area (Å²) in [6, 6.07) is 6.11. The van der Waals surface area contributed by atoms with E-state index in [4.69, 9.17) is 16.2 Å². The van der Waals surface area contributed by atoms with E-state index in [1.807, 2.05) is 12.1 Å². The summed E-state index contributed by atoms with van der Waals surface area (Å²) in [7, 11) is 0. The van der Waals surface area contributed by atoms with Gasteiger partial charge in [-0.15, -0.1) is 0 Å². The van der Waals surface area contributed by atoms with Crippen molar-refractivity contribution in [3.8, 4) is 5.75 Å². The summed E-state index contributed by atoms with van der Waals surface area (Å²) in [5, 5.41) is 0. The minimum absolute atomic E-state index is 0.0309. The van der Waals surface area contributed by atoms with Crippen LogP contribution in [0.1, 0.15) is 42.9 Å². The molecule has 2 rings (SSSR count). The minimum atomic E-state index is -0.263. The molecule has 0 spiro atoms. The highest BCUT2D eigenvalue weighted by atomic mass is 16.5. The van der Waals surface area contributed by atoms with Crippen LogP contribution in [0.15, 0.2) is 18.2 Å². The Hall–Kier alpha value is -1.55. The van der Waals surface area contributed by atoms with Crippen LogP contribution in [-0.2, 0) is 11.2 Å². The van der Waals surface area contributed by atoms with Gasteiger partial charge in [0.15, 0.2) is 0 Å². The van der Waals surface area contributed by atoms with Crippen LogP contribution >= 0.6 is 0 Å². The number of carbonyl (C=O) groups is 1. The number of amides is 1. The van der Waals surface area contributed by atoms with Crippen LogP contribution in [0.25, 0.3) is 0 Å². The molecule has 1 heterocycles. The van der Waals surface area contributed by atoms with E-state index in [9.17, 15) is 4.79 Å². The van der Waals surface area contributed by atoms with Gasteiger partial charge in [0.25, 0.3) is 0 Å². The van der Waals surface area contributed by atoms with Crippen molar-refractivity contribution >= 4 is 5.91 Å². The van der Waals surface area contributed by atoms with Crippen LogP contribution in [0.5, 0.6) is 5.75 Å². The Bertz CT molecular complexity index is 432. The minimum Gasteiger partial charge on any atom is -0.493 e. The largest absolute Gasteiger partial charge is 0.493 e. The van der Waals surface area contributed by atoms with Crippen LogP contribution in [0, 0.1) is 0 Å². The SMILES string of the molecule is NC(=O)CCCC(N)c1ccc2c(c1)CCCO2. The summed E-state index contributed by atoms with van der Waals surface area (Å²) >= 11 is 0. The van der Waals surface area contributed by atoms with Crippen molar-refractivity contribution < 1.29 is 9.53 Å². The fourth-order valence-electron chi connectivity index (χ4n) is 2.27. The van der Waals surface area contributed by atoms with Gasteiger partial charge in [0.2, 0.25) is 5.91 Å². The lowest BCUT2D eigenvalue weighted by molar-refractivity contribution is -0.118. The van der Waals surface area contributed by atoms with E-state index in [1.54, 1.807) is 0 Å². The van der Waals surface area contributed by atoms with Gasteiger partial charge in [-0.1, -0.05) is 12.1 Å². The number of aryl methyl sites for hydroxylation is 1. The topological polar surface area (TPSA) is 78.3 Å². The fraction of sp³-hybridized carbons (Fsp3) is 0.500. The molecular weight excluding hydrogens is 228 g/mol. The molecule has 0 radical (unpaired) electrons. The molecule has 1 aromatic carbocycles. The molecule has 4 nitrogen and oxygen atoms in total. The lowest BCUT2D eigenvalue weighted by Gasteiger charge is -2.19. The van der Waals surface area contributed by atoms with Crippen molar-refractivity contribution in [1.82, 2.24) is 0 Å². The molecule has 0 fully saturated rings. The number of rotatable bonds is 5. The fourth-order valence-corrected chi connectivity index (χ4v) is 2.27. The predicted molar refractivity (Wildman–Crippen MR) is 70.2 cm³/mol. The van der Waals surface area contributed by atoms with Crippen molar-refractivity contribution in [3.63, 3.8) is 0 Å². The first-order valence-electron chi connectivity index (χ1n) is 6.46. The van der Waals surface area contributed by atoms with Crippen LogP contribution in [0.2, 0.25) is 0 Å². The van der Waals surface area contributed by atoms with E-state index in [2.05, 4.69) is 6.07 Å². The lowest BCUT2D eigenvalue weighted by atomic mass is 9.97. The molecule has 1 aromatic rings. The summed E-state index contributed by atoms with van der Waals surface area (Å²) in [5.41, 5.74) is 13.6. The smallest absolute Gasteiger partial charge is 0.217 e. The van der Waals surface area contributed by atoms with E-state index < -0.39 is 0 Å². The molecule has 1 aliphatic rings. The van der Waals surface area contributed by atoms with Crippen molar-refractivity contribution in [2.24, 2.45) is 11.5 Å². The first-order chi connectivity index (χ1) is 8.66. The van der Waals surface area contributed by atoms with Crippen molar-refractivity contribution in [2.45, 2.75) is 38.1 Å². The summed E-state index contributed by atoms with van der Waals surface area (Å²) in [4.78, 5) is 10.7. The Morgan fingerprint density at radius 2 is 2.28 bits per heavy atom. The van der Waals surface area contributed by atoms with E-state index >= 15 is 0 Å². The van der Waals surface area contributed by atoms with Gasteiger partial charge in [-0.25, -0.2) is 0 Å². The summed E-state index contributed by atoms with van der Waals surface area (Å²) in [6.45, 7) is 0.803. The maximum atomic E-state index is 10.7. The molecular formula is C14H20N2O2. The van der Waals surface area contributed by atoms with Gasteiger partial charge in [-0.05, 0) is 42.9 Å². The quantitative estimate of drug-likeness (QED) is 0.832. The molecule has 1 unspecified atom stereocenters. The average Bonchev–Trinajstić information content (AvgIpc) is 2.37. The Balaban J connectivity index is 1.97. The normalized spacial score (nSPS) is 15.6. The van der Waals surface area contributed by atoms with Crippen LogP contribution in [0.4, 0.5) is 0 Å². The number of hydrogen-bond donors (Lipinski definition) is 2. The van der Waals surface area contributed by atoms with Gasteiger partial charge in [0.1, 0.15) is 5.75 Å². The number of hydrogen-bond acceptors (Lipinski definition) is 3. The maximum Gasteiger partial charge on any atom is 0.217 e. The zero-order chi connectivity index (χ0) is 13.0. The zero-order valence-electron chi connectivity index (χ0n) is 10.5. The van der Waals surface area contributed by atoms with Crippen molar-refractivity contribution in [2.75, 3.05) is 6.61 Å². The van der Waals surface area contributed by atoms with Crippen molar-refractivity contribution in [1.29, 1.82) is 0 Å². The number of primary amides is 1. The molecule has 0 aliphatic carbocycles. The first kappa shape index (κ1) is 12.9. The highest BCUT2D eigenvalue weighted by Crippen LogP contribution is 2.28. The standard InChI is InChI=1S/C14H20N2O2/c15-12(4-1-5-14(16)17)10-6-7-13-11(9-10)3-2-8-18-13/h6-7,9,12H,1-5,8,15H2,(H2,16,17). The zero-order valence-corrected chi connectivity index (χ0v) is 10.5. The number of carbonyl (C=O) groups excluding carboxylic acids is 1. The van der Waals surface area contributed by atoms with Crippen LogP contribution < -0.4 is 16.2 Å². The maximum absolute atomic E-state index is 10.7. The molecule has 18 heavy (non-hydrogen) atoms. The van der Waals surface area contributed by atoms with Gasteiger partial charge < -0.3 is 16.2 Å². The second-order valence-electron chi connectivity index (χ2n) is 4.78.